The first-order chi connectivity index (χ1) is 14.2. The third-order valence-corrected chi connectivity index (χ3v) is 6.05. The summed E-state index contributed by atoms with van der Waals surface area (Å²) >= 11 is 1.62. The summed E-state index contributed by atoms with van der Waals surface area (Å²) in [5.74, 6) is 2.72. The molecule has 6 nitrogen and oxygen atoms in total. The Labute approximate surface area is 174 Å². The lowest BCUT2D eigenvalue weighted by Gasteiger charge is -2.32. The molecule has 1 unspecified atom stereocenters. The highest BCUT2D eigenvalue weighted by molar-refractivity contribution is 7.08. The van der Waals surface area contributed by atoms with E-state index in [1.54, 1.807) is 18.4 Å². The van der Waals surface area contributed by atoms with Crippen molar-refractivity contribution in [1.82, 2.24) is 15.0 Å². The van der Waals surface area contributed by atoms with Crippen LogP contribution in [0.2, 0.25) is 0 Å². The van der Waals surface area contributed by atoms with E-state index in [0.717, 1.165) is 55.6 Å². The van der Waals surface area contributed by atoms with Gasteiger partial charge < -0.3 is 14.2 Å². The highest BCUT2D eigenvalue weighted by Gasteiger charge is 2.25. The zero-order chi connectivity index (χ0) is 20.1. The normalized spacial score (nSPS) is 16.7. The number of carbonyl (C=O) groups excluding carboxylic acids is 1. The average molecular weight is 412 g/mol. The van der Waals surface area contributed by atoms with Crippen LogP contribution in [0.3, 0.4) is 0 Å². The lowest BCUT2D eigenvalue weighted by Crippen LogP contribution is -2.40. The second kappa shape index (κ2) is 9.22. The standard InChI is InChI=1S/C22H25N3O3S/c1-27-19-7-4-16(5-8-19)6-9-21(26)25-11-2-3-17(14-25)13-20-23-22(24-28-20)18-10-12-29-15-18/h4-5,7-8,10,12,15,17H,2-3,6,9,11,13-14H2,1H3. The number of ether oxygens (including phenoxy) is 1. The van der Waals surface area contributed by atoms with E-state index in [9.17, 15) is 4.79 Å². The molecule has 0 spiro atoms. The Balaban J connectivity index is 1.29. The van der Waals surface area contributed by atoms with Gasteiger partial charge in [0.15, 0.2) is 0 Å². The molecule has 1 fully saturated rings. The van der Waals surface area contributed by atoms with Crippen molar-refractivity contribution in [3.05, 3.63) is 52.5 Å². The van der Waals surface area contributed by atoms with E-state index in [-0.39, 0.29) is 5.91 Å². The number of aromatic nitrogens is 2. The van der Waals surface area contributed by atoms with E-state index in [4.69, 9.17) is 9.26 Å². The number of carbonyl (C=O) groups is 1. The van der Waals surface area contributed by atoms with Crippen LogP contribution in [-0.2, 0) is 17.6 Å². The predicted octanol–water partition coefficient (Wildman–Crippen LogP) is 4.22. The van der Waals surface area contributed by atoms with Crippen LogP contribution in [0.5, 0.6) is 5.75 Å². The van der Waals surface area contributed by atoms with Gasteiger partial charge in [-0.05, 0) is 54.3 Å². The first kappa shape index (κ1) is 19.6. The second-order valence-electron chi connectivity index (χ2n) is 7.42. The van der Waals surface area contributed by atoms with Crippen molar-refractivity contribution >= 4 is 17.2 Å². The van der Waals surface area contributed by atoms with E-state index >= 15 is 0 Å². The van der Waals surface area contributed by atoms with Crippen molar-refractivity contribution in [2.75, 3.05) is 20.2 Å². The number of benzene rings is 1. The number of likely N-dealkylation sites (tertiary alicyclic amines) is 1. The summed E-state index contributed by atoms with van der Waals surface area (Å²) in [6.07, 6.45) is 4.10. The summed E-state index contributed by atoms with van der Waals surface area (Å²) in [6.45, 7) is 1.60. The van der Waals surface area contributed by atoms with Crippen LogP contribution in [0, 0.1) is 5.92 Å². The molecule has 3 aromatic rings. The molecule has 0 aliphatic carbocycles. The number of piperidine rings is 1. The maximum atomic E-state index is 12.7. The highest BCUT2D eigenvalue weighted by atomic mass is 32.1. The fourth-order valence-electron chi connectivity index (χ4n) is 3.75. The number of hydrogen-bond donors (Lipinski definition) is 0. The molecule has 0 saturated carbocycles. The smallest absolute Gasteiger partial charge is 0.227 e. The zero-order valence-electron chi connectivity index (χ0n) is 16.5. The monoisotopic (exact) mass is 411 g/mol. The van der Waals surface area contributed by atoms with Gasteiger partial charge in [-0.3, -0.25) is 4.79 Å². The van der Waals surface area contributed by atoms with Crippen LogP contribution in [0.25, 0.3) is 11.4 Å². The number of methoxy groups -OCH3 is 1. The molecule has 4 rings (SSSR count). The first-order valence-electron chi connectivity index (χ1n) is 9.97. The number of nitrogens with zero attached hydrogens (tertiary/aromatic N) is 3. The van der Waals surface area contributed by atoms with Gasteiger partial charge >= 0.3 is 0 Å². The van der Waals surface area contributed by atoms with Crippen LogP contribution in [-0.4, -0.2) is 41.1 Å². The minimum atomic E-state index is 0.218. The lowest BCUT2D eigenvalue weighted by molar-refractivity contribution is -0.133. The Kier molecular flexibility index (Phi) is 6.24. The van der Waals surface area contributed by atoms with Crippen molar-refractivity contribution in [3.8, 4) is 17.1 Å². The number of thiophene rings is 1. The topological polar surface area (TPSA) is 68.5 Å². The molecule has 3 heterocycles. The Bertz CT molecular complexity index is 921. The first-order valence-corrected chi connectivity index (χ1v) is 10.9. The molecule has 0 bridgehead atoms. The van der Waals surface area contributed by atoms with Gasteiger partial charge in [-0.15, -0.1) is 0 Å². The Hall–Kier alpha value is -2.67. The lowest BCUT2D eigenvalue weighted by atomic mass is 9.94. The van der Waals surface area contributed by atoms with Gasteiger partial charge in [0.05, 0.1) is 7.11 Å². The van der Waals surface area contributed by atoms with E-state index < -0.39 is 0 Å². The van der Waals surface area contributed by atoms with Gasteiger partial charge in [0, 0.05) is 36.9 Å². The minimum Gasteiger partial charge on any atom is -0.497 e. The van der Waals surface area contributed by atoms with Crippen molar-refractivity contribution in [2.24, 2.45) is 5.92 Å². The molecule has 1 aliphatic rings. The van der Waals surface area contributed by atoms with Gasteiger partial charge in [0.2, 0.25) is 17.6 Å². The highest BCUT2D eigenvalue weighted by Crippen LogP contribution is 2.24. The molecule has 1 atom stereocenters. The van der Waals surface area contributed by atoms with E-state index in [0.29, 0.717) is 24.1 Å². The quantitative estimate of drug-likeness (QED) is 0.582. The van der Waals surface area contributed by atoms with E-state index in [1.165, 1.54) is 0 Å². The zero-order valence-corrected chi connectivity index (χ0v) is 17.4. The third-order valence-electron chi connectivity index (χ3n) is 5.37. The molecule has 1 aromatic carbocycles. The van der Waals surface area contributed by atoms with E-state index in [2.05, 4.69) is 10.1 Å². The van der Waals surface area contributed by atoms with Gasteiger partial charge in [0.25, 0.3) is 0 Å². The van der Waals surface area contributed by atoms with Gasteiger partial charge in [-0.1, -0.05) is 17.3 Å². The predicted molar refractivity (Wildman–Crippen MR) is 112 cm³/mol. The molecule has 1 saturated heterocycles. The van der Waals surface area contributed by atoms with Crippen LogP contribution in [0.1, 0.15) is 30.7 Å². The summed E-state index contributed by atoms with van der Waals surface area (Å²) in [7, 11) is 1.66. The number of amides is 1. The third kappa shape index (κ3) is 5.03. The largest absolute Gasteiger partial charge is 0.497 e. The second-order valence-corrected chi connectivity index (χ2v) is 8.20. The van der Waals surface area contributed by atoms with Crippen molar-refractivity contribution in [3.63, 3.8) is 0 Å². The Morgan fingerprint density at radius 1 is 1.31 bits per heavy atom. The SMILES string of the molecule is COc1ccc(CCC(=O)N2CCCC(Cc3nc(-c4ccsc4)no3)C2)cc1. The molecular formula is C22H25N3O3S. The molecule has 7 heteroatoms. The van der Waals surface area contributed by atoms with Gasteiger partial charge in [-0.25, -0.2) is 0 Å². The van der Waals surface area contributed by atoms with Crippen LogP contribution in [0.15, 0.2) is 45.6 Å². The molecule has 152 valence electrons. The summed E-state index contributed by atoms with van der Waals surface area (Å²) in [5.41, 5.74) is 2.14. The maximum Gasteiger partial charge on any atom is 0.227 e. The molecule has 1 aliphatic heterocycles. The molecule has 0 radical (unpaired) electrons. The molecule has 29 heavy (non-hydrogen) atoms. The molecule has 1 amide bonds. The summed E-state index contributed by atoms with van der Waals surface area (Å²) in [5, 5.41) is 8.10. The number of hydrogen-bond acceptors (Lipinski definition) is 6. The van der Waals surface area contributed by atoms with Crippen LogP contribution < -0.4 is 4.74 Å². The Morgan fingerprint density at radius 3 is 2.93 bits per heavy atom. The van der Waals surface area contributed by atoms with Crippen molar-refractivity contribution in [2.45, 2.75) is 32.1 Å². The minimum absolute atomic E-state index is 0.218. The summed E-state index contributed by atoms with van der Waals surface area (Å²) < 4.78 is 10.6. The fraction of sp³-hybridized carbons (Fsp3) is 0.409. The molecule has 0 N–H and O–H groups in total. The van der Waals surface area contributed by atoms with Gasteiger partial charge in [0.1, 0.15) is 5.75 Å². The van der Waals surface area contributed by atoms with Crippen LogP contribution >= 0.6 is 11.3 Å². The van der Waals surface area contributed by atoms with Crippen molar-refractivity contribution < 1.29 is 14.1 Å². The summed E-state index contributed by atoms with van der Waals surface area (Å²) in [6, 6.07) is 9.90. The van der Waals surface area contributed by atoms with E-state index in [1.807, 2.05) is 46.0 Å². The van der Waals surface area contributed by atoms with Crippen LogP contribution in [0.4, 0.5) is 0 Å². The van der Waals surface area contributed by atoms with Crippen molar-refractivity contribution in [1.29, 1.82) is 0 Å². The summed E-state index contributed by atoms with van der Waals surface area (Å²) in [4.78, 5) is 19.2. The number of aryl methyl sites for hydroxylation is 1. The average Bonchev–Trinajstić information content (AvgIpc) is 3.44. The fourth-order valence-corrected chi connectivity index (χ4v) is 4.39. The molecular weight excluding hydrogens is 386 g/mol. The maximum absolute atomic E-state index is 12.7. The number of rotatable bonds is 7. The van der Waals surface area contributed by atoms with Gasteiger partial charge in [-0.2, -0.15) is 16.3 Å². The molecule has 2 aromatic heterocycles. The Morgan fingerprint density at radius 2 is 2.17 bits per heavy atom.